The van der Waals surface area contributed by atoms with Gasteiger partial charge >= 0.3 is 0 Å². The number of hydrogen-bond acceptors (Lipinski definition) is 1. The normalized spacial score (nSPS) is 9.19. The molecule has 42 heavy (non-hydrogen) atoms. The third kappa shape index (κ3) is 10.2. The van der Waals surface area contributed by atoms with Crippen molar-refractivity contribution in [3.8, 4) is 33.8 Å². The average molecular weight is 640 g/mol. The fraction of sp³-hybridized carbons (Fsp3) is 0.0526. The first-order valence-corrected chi connectivity index (χ1v) is 12.8. The fourth-order valence-corrected chi connectivity index (χ4v) is 4.00. The first-order chi connectivity index (χ1) is 19.1. The largest absolute Gasteiger partial charge is 0.358 e. The number of aromatic nitrogens is 3. The zero-order chi connectivity index (χ0) is 27.3. The predicted molar refractivity (Wildman–Crippen MR) is 171 cm³/mol. The maximum atomic E-state index is 4.22. The summed E-state index contributed by atoms with van der Waals surface area (Å²) >= 11 is 0. The minimum absolute atomic E-state index is 0. The third-order valence-electron chi connectivity index (χ3n) is 6.04. The second-order valence-electron chi connectivity index (χ2n) is 8.82. The standard InChI is InChI=1S/C13H13N.C12H11N.C11H8N.2CH3.Rh/c1-11-7-3-4-8-12(11)13-9-5-6-10-14(13)2;1-13-10-6-5-9-12(13)11-7-3-2-4-8-11;1-2-6-10(7-3-1)11-8-4-5-9-12-11;;;/h3-10H,1H2,2H3;2-7,9-10H,1H3;1-6,8-9H;2*1H3;/q;;3*-1;. The molecule has 0 aliphatic heterocycles. The van der Waals surface area contributed by atoms with Crippen LogP contribution in [0.3, 0.4) is 0 Å². The molecule has 4 heteroatoms. The van der Waals surface area contributed by atoms with E-state index in [0.29, 0.717) is 0 Å². The Bertz CT molecular complexity index is 1490. The van der Waals surface area contributed by atoms with E-state index in [9.17, 15) is 0 Å². The van der Waals surface area contributed by atoms with Gasteiger partial charge in [-0.05, 0) is 23.9 Å². The van der Waals surface area contributed by atoms with E-state index in [1.54, 1.807) is 6.20 Å². The van der Waals surface area contributed by atoms with Crippen LogP contribution in [0.25, 0.3) is 33.8 Å². The number of hydrogen-bond donors (Lipinski definition) is 0. The van der Waals surface area contributed by atoms with Crippen LogP contribution in [0.4, 0.5) is 0 Å². The van der Waals surface area contributed by atoms with Crippen LogP contribution in [0.5, 0.6) is 0 Å². The Kier molecular flexibility index (Phi) is 16.0. The van der Waals surface area contributed by atoms with Crippen LogP contribution in [0.2, 0.25) is 0 Å². The fourth-order valence-electron chi connectivity index (χ4n) is 4.00. The van der Waals surface area contributed by atoms with Crippen molar-refractivity contribution in [2.24, 2.45) is 14.1 Å². The molecule has 0 amide bonds. The molecular formula is C38H38N3Rh-3. The first-order valence-electron chi connectivity index (χ1n) is 12.8. The van der Waals surface area contributed by atoms with Gasteiger partial charge in [0.1, 0.15) is 19.8 Å². The van der Waals surface area contributed by atoms with Gasteiger partial charge in [0.05, 0.1) is 0 Å². The first kappa shape index (κ1) is 35.6. The minimum Gasteiger partial charge on any atom is -0.358 e. The van der Waals surface area contributed by atoms with E-state index in [4.69, 9.17) is 0 Å². The summed E-state index contributed by atoms with van der Waals surface area (Å²) in [6.45, 7) is 4.02. The third-order valence-corrected chi connectivity index (χ3v) is 6.04. The molecule has 0 N–H and O–H groups in total. The Hall–Kier alpha value is -4.40. The molecule has 1 radical (unpaired) electrons. The van der Waals surface area contributed by atoms with E-state index in [1.807, 2.05) is 130 Å². The summed E-state index contributed by atoms with van der Waals surface area (Å²) in [5.41, 5.74) is 7.77. The SMILES string of the molecule is C[n+]1ccccc1-c1[c-]cccc1.[CH2-]c1ccccc1-c1cccc[n+]1C.[CH3-].[CH3-].[Rh].[c-]1ccccc1-c1ccccn1. The van der Waals surface area contributed by atoms with E-state index in [0.717, 1.165) is 22.4 Å². The maximum absolute atomic E-state index is 4.22. The number of aryl methyl sites for hydroxylation is 2. The van der Waals surface area contributed by atoms with Crippen LogP contribution in [0.15, 0.2) is 146 Å². The average Bonchev–Trinajstić information content (AvgIpc) is 3.00. The number of benzene rings is 3. The van der Waals surface area contributed by atoms with Gasteiger partial charge in [-0.25, -0.2) is 9.13 Å². The van der Waals surface area contributed by atoms with Crippen molar-refractivity contribution < 1.29 is 28.6 Å². The summed E-state index contributed by atoms with van der Waals surface area (Å²) in [7, 11) is 4.08. The van der Waals surface area contributed by atoms with Gasteiger partial charge in [-0.3, -0.25) is 0 Å². The Labute approximate surface area is 266 Å². The summed E-state index contributed by atoms with van der Waals surface area (Å²) in [5, 5.41) is 0. The molecule has 3 heterocycles. The van der Waals surface area contributed by atoms with Gasteiger partial charge in [0.2, 0.25) is 0 Å². The smallest absolute Gasteiger partial charge is 0.168 e. The molecule has 0 bridgehead atoms. The summed E-state index contributed by atoms with van der Waals surface area (Å²) in [6, 6.07) is 48.5. The molecule has 0 aliphatic carbocycles. The van der Waals surface area contributed by atoms with Crippen molar-refractivity contribution in [1.29, 1.82) is 0 Å². The Morgan fingerprint density at radius 2 is 1.10 bits per heavy atom. The van der Waals surface area contributed by atoms with Crippen molar-refractivity contribution in [3.05, 3.63) is 185 Å². The van der Waals surface area contributed by atoms with E-state index in [-0.39, 0.29) is 34.3 Å². The Morgan fingerprint density at radius 1 is 0.571 bits per heavy atom. The Morgan fingerprint density at radius 3 is 1.62 bits per heavy atom. The van der Waals surface area contributed by atoms with Crippen LogP contribution in [0, 0.1) is 33.9 Å². The van der Waals surface area contributed by atoms with E-state index < -0.39 is 0 Å². The van der Waals surface area contributed by atoms with E-state index in [2.05, 4.69) is 57.4 Å². The van der Waals surface area contributed by atoms with Gasteiger partial charge in [0.15, 0.2) is 18.1 Å². The molecule has 6 rings (SSSR count). The molecule has 0 unspecified atom stereocenters. The second kappa shape index (κ2) is 18.9. The zero-order valence-electron chi connectivity index (χ0n) is 24.7. The number of rotatable bonds is 3. The second-order valence-corrected chi connectivity index (χ2v) is 8.82. The van der Waals surface area contributed by atoms with Crippen molar-refractivity contribution in [2.45, 2.75) is 0 Å². The quantitative estimate of drug-likeness (QED) is 0.110. The molecule has 0 saturated heterocycles. The van der Waals surface area contributed by atoms with Crippen LogP contribution in [-0.4, -0.2) is 4.98 Å². The predicted octanol–water partition coefficient (Wildman–Crippen LogP) is 7.79. The van der Waals surface area contributed by atoms with Crippen LogP contribution in [0.1, 0.15) is 5.56 Å². The molecule has 0 aliphatic rings. The molecule has 0 spiro atoms. The van der Waals surface area contributed by atoms with Gasteiger partial charge in [-0.15, -0.1) is 78.4 Å². The van der Waals surface area contributed by atoms with E-state index in [1.165, 1.54) is 17.0 Å². The van der Waals surface area contributed by atoms with Gasteiger partial charge in [0, 0.05) is 37.8 Å². The van der Waals surface area contributed by atoms with Gasteiger partial charge in [-0.2, -0.15) is 18.6 Å². The monoisotopic (exact) mass is 639 g/mol. The van der Waals surface area contributed by atoms with Crippen molar-refractivity contribution in [1.82, 2.24) is 4.98 Å². The van der Waals surface area contributed by atoms with Gasteiger partial charge < -0.3 is 19.8 Å². The van der Waals surface area contributed by atoms with E-state index >= 15 is 0 Å². The molecule has 0 atom stereocenters. The van der Waals surface area contributed by atoms with Crippen molar-refractivity contribution >= 4 is 0 Å². The summed E-state index contributed by atoms with van der Waals surface area (Å²) in [6.07, 6.45) is 5.87. The molecule has 217 valence electrons. The van der Waals surface area contributed by atoms with Crippen LogP contribution in [-0.2, 0) is 33.6 Å². The summed E-state index contributed by atoms with van der Waals surface area (Å²) < 4.78 is 4.19. The molecular weight excluding hydrogens is 601 g/mol. The van der Waals surface area contributed by atoms with Crippen LogP contribution < -0.4 is 9.13 Å². The summed E-state index contributed by atoms with van der Waals surface area (Å²) in [5.74, 6) is 0. The molecule has 0 saturated carbocycles. The number of pyridine rings is 3. The summed E-state index contributed by atoms with van der Waals surface area (Å²) in [4.78, 5) is 4.22. The van der Waals surface area contributed by atoms with Gasteiger partial charge in [-0.1, -0.05) is 41.5 Å². The Balaban J connectivity index is 0.000000305. The molecule has 0 fully saturated rings. The topological polar surface area (TPSA) is 20.6 Å². The minimum atomic E-state index is 0. The molecule has 3 aromatic carbocycles. The molecule has 3 aromatic heterocycles. The number of nitrogens with zero attached hydrogens (tertiary/aromatic N) is 3. The maximum Gasteiger partial charge on any atom is 0.168 e. The zero-order valence-corrected chi connectivity index (χ0v) is 26.4. The van der Waals surface area contributed by atoms with Crippen molar-refractivity contribution in [2.75, 3.05) is 0 Å². The van der Waals surface area contributed by atoms with Crippen molar-refractivity contribution in [3.63, 3.8) is 0 Å². The van der Waals surface area contributed by atoms with Gasteiger partial charge in [0.25, 0.3) is 0 Å². The molecule has 3 nitrogen and oxygen atoms in total. The van der Waals surface area contributed by atoms with Crippen LogP contribution >= 0.6 is 0 Å². The molecule has 6 aromatic rings.